The van der Waals surface area contributed by atoms with Gasteiger partial charge in [-0.2, -0.15) is 5.10 Å². The number of rotatable bonds is 3. The van der Waals surface area contributed by atoms with Gasteiger partial charge in [-0.3, -0.25) is 4.68 Å². The van der Waals surface area contributed by atoms with E-state index in [0.29, 0.717) is 12.4 Å². The van der Waals surface area contributed by atoms with Crippen molar-refractivity contribution in [2.24, 2.45) is 0 Å². The van der Waals surface area contributed by atoms with Crippen LogP contribution in [0.4, 0.5) is 5.82 Å². The third-order valence-electron chi connectivity index (χ3n) is 2.57. The second-order valence-corrected chi connectivity index (χ2v) is 4.71. The zero-order valence-electron chi connectivity index (χ0n) is 9.77. The highest BCUT2D eigenvalue weighted by atomic mass is 79.9. The Morgan fingerprint density at radius 2 is 2.24 bits per heavy atom. The summed E-state index contributed by atoms with van der Waals surface area (Å²) in [4.78, 5) is 0. The molecule has 1 aromatic heterocycles. The molecular weight excluding hydrogens is 282 g/mol. The molecule has 5 heteroatoms. The first kappa shape index (κ1) is 12.0. The van der Waals surface area contributed by atoms with E-state index in [4.69, 9.17) is 10.5 Å². The first-order valence-corrected chi connectivity index (χ1v) is 6.01. The van der Waals surface area contributed by atoms with Crippen molar-refractivity contribution < 1.29 is 4.74 Å². The summed E-state index contributed by atoms with van der Waals surface area (Å²) in [5.74, 6) is 1.41. The van der Waals surface area contributed by atoms with E-state index < -0.39 is 0 Å². The van der Waals surface area contributed by atoms with Gasteiger partial charge in [0.25, 0.3) is 0 Å². The van der Waals surface area contributed by atoms with Crippen LogP contribution >= 0.6 is 15.9 Å². The van der Waals surface area contributed by atoms with Crippen molar-refractivity contribution in [1.82, 2.24) is 9.78 Å². The van der Waals surface area contributed by atoms with E-state index >= 15 is 0 Å². The summed E-state index contributed by atoms with van der Waals surface area (Å²) in [6, 6.07) is 5.86. The summed E-state index contributed by atoms with van der Waals surface area (Å²) in [5.41, 5.74) is 7.81. The Labute approximate surface area is 109 Å². The number of nitrogen functional groups attached to an aromatic ring is 1. The molecule has 2 aromatic rings. The minimum Gasteiger partial charge on any atom is -0.497 e. The smallest absolute Gasteiger partial charge is 0.148 e. The molecule has 0 aliphatic rings. The van der Waals surface area contributed by atoms with E-state index in [1.807, 2.05) is 36.0 Å². The SMILES string of the molecule is COc1ccc(Br)c(Cn2cc(C)c(N)n2)c1. The van der Waals surface area contributed by atoms with Gasteiger partial charge < -0.3 is 10.5 Å². The highest BCUT2D eigenvalue weighted by Gasteiger charge is 2.06. The van der Waals surface area contributed by atoms with Crippen molar-refractivity contribution >= 4 is 21.7 Å². The van der Waals surface area contributed by atoms with Crippen molar-refractivity contribution in [2.75, 3.05) is 12.8 Å². The molecule has 1 heterocycles. The van der Waals surface area contributed by atoms with Crippen LogP contribution in [-0.2, 0) is 6.54 Å². The second kappa shape index (κ2) is 4.79. The Kier molecular flexibility index (Phi) is 3.38. The summed E-state index contributed by atoms with van der Waals surface area (Å²) >= 11 is 3.51. The molecule has 0 bridgehead atoms. The van der Waals surface area contributed by atoms with Crippen LogP contribution in [0.3, 0.4) is 0 Å². The van der Waals surface area contributed by atoms with Gasteiger partial charge in [-0.15, -0.1) is 0 Å². The van der Waals surface area contributed by atoms with Crippen LogP contribution in [0.1, 0.15) is 11.1 Å². The van der Waals surface area contributed by atoms with E-state index in [9.17, 15) is 0 Å². The van der Waals surface area contributed by atoms with Crippen molar-refractivity contribution in [2.45, 2.75) is 13.5 Å². The molecule has 1 aromatic carbocycles. The third-order valence-corrected chi connectivity index (χ3v) is 3.34. The molecule has 0 atom stereocenters. The Morgan fingerprint density at radius 3 is 2.82 bits per heavy atom. The summed E-state index contributed by atoms with van der Waals surface area (Å²) in [7, 11) is 1.66. The molecule has 0 radical (unpaired) electrons. The van der Waals surface area contributed by atoms with Gasteiger partial charge in [0.05, 0.1) is 13.7 Å². The molecule has 0 spiro atoms. The predicted octanol–water partition coefficient (Wildman–Crippen LogP) is 2.59. The molecule has 0 saturated carbocycles. The van der Waals surface area contributed by atoms with Crippen LogP contribution in [0, 0.1) is 6.92 Å². The van der Waals surface area contributed by atoms with Gasteiger partial charge in [0, 0.05) is 16.2 Å². The topological polar surface area (TPSA) is 53.1 Å². The normalized spacial score (nSPS) is 10.5. The fraction of sp³-hybridized carbons (Fsp3) is 0.250. The molecule has 0 amide bonds. The van der Waals surface area contributed by atoms with Crippen LogP contribution in [0.15, 0.2) is 28.9 Å². The van der Waals surface area contributed by atoms with Gasteiger partial charge in [0.1, 0.15) is 11.6 Å². The van der Waals surface area contributed by atoms with Crippen molar-refractivity contribution in [3.63, 3.8) is 0 Å². The van der Waals surface area contributed by atoms with Gasteiger partial charge >= 0.3 is 0 Å². The predicted molar refractivity (Wildman–Crippen MR) is 71.2 cm³/mol. The molecular formula is C12H14BrN3O. The van der Waals surface area contributed by atoms with Crippen LogP contribution in [0.2, 0.25) is 0 Å². The number of halogens is 1. The molecule has 0 aliphatic carbocycles. The van der Waals surface area contributed by atoms with Gasteiger partial charge in [0.15, 0.2) is 0 Å². The van der Waals surface area contributed by atoms with Crippen LogP contribution < -0.4 is 10.5 Å². The number of methoxy groups -OCH3 is 1. The molecule has 0 unspecified atom stereocenters. The minimum atomic E-state index is 0.573. The molecule has 17 heavy (non-hydrogen) atoms. The largest absolute Gasteiger partial charge is 0.497 e. The summed E-state index contributed by atoms with van der Waals surface area (Å²) < 4.78 is 8.06. The number of aromatic nitrogens is 2. The Morgan fingerprint density at radius 1 is 1.47 bits per heavy atom. The van der Waals surface area contributed by atoms with Crippen LogP contribution in [-0.4, -0.2) is 16.9 Å². The first-order valence-electron chi connectivity index (χ1n) is 5.22. The molecule has 4 nitrogen and oxygen atoms in total. The lowest BCUT2D eigenvalue weighted by Gasteiger charge is -2.07. The number of ether oxygens (including phenoxy) is 1. The molecule has 0 aliphatic heterocycles. The van der Waals surface area contributed by atoms with Crippen molar-refractivity contribution in [1.29, 1.82) is 0 Å². The number of aryl methyl sites for hydroxylation is 1. The highest BCUT2D eigenvalue weighted by molar-refractivity contribution is 9.10. The van der Waals surface area contributed by atoms with E-state index in [2.05, 4.69) is 21.0 Å². The van der Waals surface area contributed by atoms with Gasteiger partial charge in [0.2, 0.25) is 0 Å². The fourth-order valence-corrected chi connectivity index (χ4v) is 1.96. The number of benzene rings is 1. The van der Waals surface area contributed by atoms with Crippen molar-refractivity contribution in [3.8, 4) is 5.75 Å². The molecule has 90 valence electrons. The van der Waals surface area contributed by atoms with Crippen LogP contribution in [0.5, 0.6) is 5.75 Å². The lowest BCUT2D eigenvalue weighted by molar-refractivity contribution is 0.414. The Bertz CT molecular complexity index is 517. The summed E-state index contributed by atoms with van der Waals surface area (Å²) in [6.45, 7) is 2.61. The third kappa shape index (κ3) is 2.61. The Balaban J connectivity index is 2.28. The van der Waals surface area contributed by atoms with Crippen LogP contribution in [0.25, 0.3) is 0 Å². The molecule has 0 fully saturated rings. The van der Waals surface area contributed by atoms with E-state index in [1.165, 1.54) is 0 Å². The number of hydrogen-bond donors (Lipinski definition) is 1. The number of anilines is 1. The van der Waals surface area contributed by atoms with Gasteiger partial charge in [-0.25, -0.2) is 0 Å². The molecule has 2 N–H and O–H groups in total. The highest BCUT2D eigenvalue weighted by Crippen LogP contribution is 2.23. The monoisotopic (exact) mass is 295 g/mol. The maximum Gasteiger partial charge on any atom is 0.148 e. The minimum absolute atomic E-state index is 0.573. The fourth-order valence-electron chi connectivity index (χ4n) is 1.59. The summed E-state index contributed by atoms with van der Waals surface area (Å²) in [5, 5.41) is 4.23. The maximum atomic E-state index is 5.72. The second-order valence-electron chi connectivity index (χ2n) is 3.85. The first-order chi connectivity index (χ1) is 8.10. The lowest BCUT2D eigenvalue weighted by Crippen LogP contribution is -2.02. The quantitative estimate of drug-likeness (QED) is 0.947. The van der Waals surface area contributed by atoms with Gasteiger partial charge in [-0.1, -0.05) is 15.9 Å². The van der Waals surface area contributed by atoms with Gasteiger partial charge in [-0.05, 0) is 30.7 Å². The zero-order chi connectivity index (χ0) is 12.4. The van der Waals surface area contributed by atoms with E-state index in [-0.39, 0.29) is 0 Å². The molecule has 0 saturated heterocycles. The van der Waals surface area contributed by atoms with E-state index in [1.54, 1.807) is 7.11 Å². The Hall–Kier alpha value is -1.49. The average molecular weight is 296 g/mol. The molecule has 2 rings (SSSR count). The summed E-state index contributed by atoms with van der Waals surface area (Å²) in [6.07, 6.45) is 1.93. The standard InChI is InChI=1S/C12H14BrN3O/c1-8-6-16(15-12(8)14)7-9-5-10(17-2)3-4-11(9)13/h3-6H,7H2,1-2H3,(H2,14,15). The number of nitrogens with zero attached hydrogens (tertiary/aromatic N) is 2. The lowest BCUT2D eigenvalue weighted by atomic mass is 10.2. The van der Waals surface area contributed by atoms with E-state index in [0.717, 1.165) is 21.3 Å². The maximum absolute atomic E-state index is 5.72. The number of hydrogen-bond acceptors (Lipinski definition) is 3. The average Bonchev–Trinajstić information content (AvgIpc) is 2.61. The zero-order valence-corrected chi connectivity index (χ0v) is 11.4. The van der Waals surface area contributed by atoms with Crippen molar-refractivity contribution in [3.05, 3.63) is 40.0 Å². The number of nitrogens with two attached hydrogens (primary N) is 1.